The van der Waals surface area contributed by atoms with Crippen molar-refractivity contribution >= 4 is 12.0 Å². The average Bonchev–Trinajstić information content (AvgIpc) is 2.48. The van der Waals surface area contributed by atoms with Crippen LogP contribution >= 0.6 is 0 Å². The lowest BCUT2D eigenvalue weighted by atomic mass is 9.86. The highest BCUT2D eigenvalue weighted by Crippen LogP contribution is 2.34. The van der Waals surface area contributed by atoms with Crippen LogP contribution in [-0.4, -0.2) is 35.9 Å². The minimum absolute atomic E-state index is 0.0502. The van der Waals surface area contributed by atoms with Crippen molar-refractivity contribution in [3.63, 3.8) is 0 Å². The normalized spacial score (nSPS) is 13.2. The van der Waals surface area contributed by atoms with Crippen LogP contribution in [0.25, 0.3) is 0 Å². The Morgan fingerprint density at radius 2 is 1.96 bits per heavy atom. The number of nitrogens with one attached hydrogen (secondary N) is 1. The molecule has 6 nitrogen and oxygen atoms in total. The molecule has 0 aliphatic heterocycles. The zero-order valence-corrected chi connectivity index (χ0v) is 13.9. The number of benzene rings is 1. The number of aliphatic hydroxyl groups is 1. The van der Waals surface area contributed by atoms with Crippen LogP contribution in [0.1, 0.15) is 37.3 Å². The number of ether oxygens (including phenoxy) is 1. The van der Waals surface area contributed by atoms with Crippen LogP contribution in [0.4, 0.5) is 18.0 Å². The zero-order chi connectivity index (χ0) is 19.3. The van der Waals surface area contributed by atoms with Gasteiger partial charge in [0.1, 0.15) is 5.60 Å². The molecule has 1 unspecified atom stereocenters. The van der Waals surface area contributed by atoms with Crippen LogP contribution in [0.5, 0.6) is 0 Å². The Hall–Kier alpha value is -2.29. The van der Waals surface area contributed by atoms with E-state index in [9.17, 15) is 22.8 Å². The van der Waals surface area contributed by atoms with Gasteiger partial charge in [-0.3, -0.25) is 4.79 Å². The fourth-order valence-corrected chi connectivity index (χ4v) is 2.40. The molecule has 0 saturated heterocycles. The van der Waals surface area contributed by atoms with E-state index < -0.39 is 35.3 Å². The van der Waals surface area contributed by atoms with E-state index in [1.54, 1.807) is 0 Å². The second-order valence-corrected chi connectivity index (χ2v) is 6.08. The lowest BCUT2D eigenvalue weighted by Gasteiger charge is -2.29. The van der Waals surface area contributed by atoms with Crippen molar-refractivity contribution in [1.29, 1.82) is 0 Å². The summed E-state index contributed by atoms with van der Waals surface area (Å²) < 4.78 is 43.7. The van der Waals surface area contributed by atoms with Gasteiger partial charge in [-0.15, -0.1) is 0 Å². The summed E-state index contributed by atoms with van der Waals surface area (Å²) in [5.74, 6) is -1.61. The summed E-state index contributed by atoms with van der Waals surface area (Å²) in [4.78, 5) is 23.3. The van der Waals surface area contributed by atoms with Gasteiger partial charge in [0.2, 0.25) is 5.91 Å². The van der Waals surface area contributed by atoms with Crippen molar-refractivity contribution in [2.24, 2.45) is 5.73 Å². The monoisotopic (exact) mass is 362 g/mol. The molecule has 25 heavy (non-hydrogen) atoms. The molecule has 1 rings (SSSR count). The van der Waals surface area contributed by atoms with E-state index in [1.165, 1.54) is 26.0 Å². The van der Waals surface area contributed by atoms with E-state index in [2.05, 4.69) is 5.32 Å². The third-order valence-corrected chi connectivity index (χ3v) is 3.42. The number of alkyl halides is 3. The van der Waals surface area contributed by atoms with Gasteiger partial charge in [-0.05, 0) is 25.5 Å². The van der Waals surface area contributed by atoms with E-state index in [1.807, 2.05) is 0 Å². The van der Waals surface area contributed by atoms with Crippen LogP contribution < -0.4 is 11.1 Å². The molecule has 0 bridgehead atoms. The molecule has 9 heteroatoms. The summed E-state index contributed by atoms with van der Waals surface area (Å²) in [6.45, 7) is 2.63. The van der Waals surface area contributed by atoms with Crippen molar-refractivity contribution in [3.8, 4) is 0 Å². The first-order valence-electron chi connectivity index (χ1n) is 7.50. The maximum absolute atomic E-state index is 12.9. The molecule has 0 spiro atoms. The fourth-order valence-electron chi connectivity index (χ4n) is 2.40. The van der Waals surface area contributed by atoms with Gasteiger partial charge in [0, 0.05) is 13.0 Å². The van der Waals surface area contributed by atoms with Gasteiger partial charge >= 0.3 is 12.3 Å². The standard InChI is InChI=1S/C16H21F3N2O4/c1-15(2,25-14(20)24)9-12(13(23)21-6-7-22)10-4-3-5-11(8-10)16(17,18)19/h3-5,8,12,22H,6-7,9H2,1-2H3,(H2,20,24)(H,21,23). The van der Waals surface area contributed by atoms with Gasteiger partial charge in [0.25, 0.3) is 0 Å². The number of primary amides is 1. The topological polar surface area (TPSA) is 102 Å². The van der Waals surface area contributed by atoms with Crippen LogP contribution in [0.15, 0.2) is 24.3 Å². The number of carbonyl (C=O) groups is 2. The van der Waals surface area contributed by atoms with Crippen LogP contribution in [0.3, 0.4) is 0 Å². The summed E-state index contributed by atoms with van der Waals surface area (Å²) in [6.07, 6.45) is -5.70. The number of carbonyl (C=O) groups excluding carboxylic acids is 2. The Kier molecular flexibility index (Phi) is 6.80. The van der Waals surface area contributed by atoms with Gasteiger partial charge in [0.15, 0.2) is 0 Å². The quantitative estimate of drug-likeness (QED) is 0.692. The van der Waals surface area contributed by atoms with Crippen molar-refractivity contribution in [1.82, 2.24) is 5.32 Å². The molecule has 1 aromatic rings. The molecule has 0 radical (unpaired) electrons. The molecular formula is C16H21F3N2O4. The summed E-state index contributed by atoms with van der Waals surface area (Å²) >= 11 is 0. The molecule has 0 aromatic heterocycles. The fraction of sp³-hybridized carbons (Fsp3) is 0.500. The van der Waals surface area contributed by atoms with E-state index in [4.69, 9.17) is 15.6 Å². The van der Waals surface area contributed by atoms with Crippen LogP contribution in [-0.2, 0) is 15.7 Å². The molecule has 1 aromatic carbocycles. The lowest BCUT2D eigenvalue weighted by molar-refractivity contribution is -0.137. The number of aliphatic hydroxyl groups excluding tert-OH is 1. The van der Waals surface area contributed by atoms with E-state index in [0.717, 1.165) is 12.1 Å². The smallest absolute Gasteiger partial charge is 0.416 e. The Morgan fingerprint density at radius 3 is 2.48 bits per heavy atom. The Balaban J connectivity index is 3.18. The zero-order valence-electron chi connectivity index (χ0n) is 13.9. The number of nitrogens with two attached hydrogens (primary N) is 1. The van der Waals surface area contributed by atoms with E-state index in [0.29, 0.717) is 0 Å². The number of amides is 2. The summed E-state index contributed by atoms with van der Waals surface area (Å²) in [5, 5.41) is 11.2. The molecule has 0 aliphatic carbocycles. The largest absolute Gasteiger partial charge is 0.444 e. The predicted octanol–water partition coefficient (Wildman–Crippen LogP) is 2.16. The van der Waals surface area contributed by atoms with E-state index >= 15 is 0 Å². The molecule has 1 atom stereocenters. The first kappa shape index (κ1) is 20.8. The Bertz CT molecular complexity index is 618. The van der Waals surface area contributed by atoms with Crippen LogP contribution in [0.2, 0.25) is 0 Å². The first-order chi connectivity index (χ1) is 11.5. The van der Waals surface area contributed by atoms with Gasteiger partial charge < -0.3 is 20.9 Å². The number of hydrogen-bond donors (Lipinski definition) is 3. The molecule has 0 fully saturated rings. The SMILES string of the molecule is CC(C)(CC(C(=O)NCCO)c1cccc(C(F)(F)F)c1)OC(N)=O. The molecule has 2 amide bonds. The second kappa shape index (κ2) is 8.19. The average molecular weight is 362 g/mol. The van der Waals surface area contributed by atoms with Gasteiger partial charge in [-0.25, -0.2) is 4.79 Å². The maximum atomic E-state index is 12.9. The third-order valence-electron chi connectivity index (χ3n) is 3.42. The number of halogens is 3. The van der Waals surface area contributed by atoms with E-state index in [-0.39, 0.29) is 25.1 Å². The summed E-state index contributed by atoms with van der Waals surface area (Å²) in [6, 6.07) is 4.37. The van der Waals surface area contributed by atoms with Gasteiger partial charge in [0.05, 0.1) is 18.1 Å². The third kappa shape index (κ3) is 6.61. The Labute approximate surface area is 143 Å². The molecular weight excluding hydrogens is 341 g/mol. The number of hydrogen-bond acceptors (Lipinski definition) is 4. The minimum Gasteiger partial charge on any atom is -0.444 e. The summed E-state index contributed by atoms with van der Waals surface area (Å²) in [7, 11) is 0. The summed E-state index contributed by atoms with van der Waals surface area (Å²) in [5.41, 5.74) is 3.03. The number of rotatable bonds is 7. The van der Waals surface area contributed by atoms with Crippen molar-refractivity contribution < 1.29 is 32.6 Å². The highest BCUT2D eigenvalue weighted by Gasteiger charge is 2.34. The maximum Gasteiger partial charge on any atom is 0.416 e. The molecule has 4 N–H and O–H groups in total. The first-order valence-corrected chi connectivity index (χ1v) is 7.50. The van der Waals surface area contributed by atoms with Gasteiger partial charge in [-0.2, -0.15) is 13.2 Å². The van der Waals surface area contributed by atoms with Crippen molar-refractivity contribution in [2.75, 3.05) is 13.2 Å². The second-order valence-electron chi connectivity index (χ2n) is 6.08. The lowest BCUT2D eigenvalue weighted by Crippen LogP contribution is -2.38. The van der Waals surface area contributed by atoms with Crippen molar-refractivity contribution in [2.45, 2.75) is 38.0 Å². The molecule has 140 valence electrons. The predicted molar refractivity (Wildman–Crippen MR) is 83.6 cm³/mol. The Morgan fingerprint density at radius 1 is 1.32 bits per heavy atom. The minimum atomic E-state index is -4.55. The molecule has 0 saturated carbocycles. The van der Waals surface area contributed by atoms with Crippen molar-refractivity contribution in [3.05, 3.63) is 35.4 Å². The molecule has 0 heterocycles. The van der Waals surface area contributed by atoms with Gasteiger partial charge in [-0.1, -0.05) is 18.2 Å². The van der Waals surface area contributed by atoms with Crippen LogP contribution in [0, 0.1) is 0 Å². The highest BCUT2D eigenvalue weighted by atomic mass is 19.4. The molecule has 0 aliphatic rings. The highest BCUT2D eigenvalue weighted by molar-refractivity contribution is 5.83.